The Labute approximate surface area is 93.3 Å². The minimum atomic E-state index is -0.342. The zero-order valence-electron chi connectivity index (χ0n) is 9.05. The normalized spacial score (nSPS) is 15.2. The number of hydrogen-bond acceptors (Lipinski definition) is 5. The highest BCUT2D eigenvalue weighted by Gasteiger charge is 2.17. The molecule has 0 aliphatic carbocycles. The van der Waals surface area contributed by atoms with Crippen molar-refractivity contribution in [2.75, 3.05) is 13.7 Å². The highest BCUT2D eigenvalue weighted by molar-refractivity contribution is 5.72. The van der Waals surface area contributed by atoms with Crippen molar-refractivity contribution in [1.29, 1.82) is 0 Å². The van der Waals surface area contributed by atoms with Gasteiger partial charge in [0.15, 0.2) is 12.0 Å². The molecule has 2 rings (SSSR count). The number of aliphatic hydroxyl groups is 1. The summed E-state index contributed by atoms with van der Waals surface area (Å²) in [6.07, 6.45) is 1.41. The Balaban J connectivity index is 2.36. The SMILES string of the molecule is CNC(c1ccc2ncoc2c1)C(N)CO. The van der Waals surface area contributed by atoms with E-state index in [4.69, 9.17) is 15.3 Å². The molecule has 0 bridgehead atoms. The van der Waals surface area contributed by atoms with Crippen molar-refractivity contribution in [3.8, 4) is 0 Å². The van der Waals surface area contributed by atoms with Gasteiger partial charge >= 0.3 is 0 Å². The molecule has 0 spiro atoms. The molecule has 0 aliphatic heterocycles. The minimum absolute atomic E-state index is 0.0695. The molecule has 5 heteroatoms. The number of nitrogens with one attached hydrogen (secondary N) is 1. The summed E-state index contributed by atoms with van der Waals surface area (Å²) < 4.78 is 5.22. The average Bonchev–Trinajstić information content (AvgIpc) is 2.77. The number of oxazole rings is 1. The van der Waals surface area contributed by atoms with Gasteiger partial charge in [-0.05, 0) is 24.7 Å². The minimum Gasteiger partial charge on any atom is -0.443 e. The van der Waals surface area contributed by atoms with Gasteiger partial charge in [0.1, 0.15) is 5.52 Å². The van der Waals surface area contributed by atoms with Gasteiger partial charge < -0.3 is 20.6 Å². The van der Waals surface area contributed by atoms with E-state index in [1.165, 1.54) is 6.39 Å². The van der Waals surface area contributed by atoms with Gasteiger partial charge in [0.05, 0.1) is 6.61 Å². The lowest BCUT2D eigenvalue weighted by atomic mass is 10.0. The maximum atomic E-state index is 9.07. The van der Waals surface area contributed by atoms with Crippen LogP contribution in [0.4, 0.5) is 0 Å². The number of rotatable bonds is 4. The van der Waals surface area contributed by atoms with Crippen LogP contribution in [-0.2, 0) is 0 Å². The quantitative estimate of drug-likeness (QED) is 0.696. The number of fused-ring (bicyclic) bond motifs is 1. The van der Waals surface area contributed by atoms with Crippen molar-refractivity contribution in [3.63, 3.8) is 0 Å². The summed E-state index contributed by atoms with van der Waals surface area (Å²) in [7, 11) is 1.81. The van der Waals surface area contributed by atoms with E-state index in [1.54, 1.807) is 0 Å². The Hall–Kier alpha value is -1.43. The van der Waals surface area contributed by atoms with Gasteiger partial charge in [0, 0.05) is 12.1 Å². The van der Waals surface area contributed by atoms with E-state index in [9.17, 15) is 0 Å². The van der Waals surface area contributed by atoms with Crippen molar-refractivity contribution in [3.05, 3.63) is 30.2 Å². The molecule has 16 heavy (non-hydrogen) atoms. The van der Waals surface area contributed by atoms with E-state index in [0.29, 0.717) is 0 Å². The van der Waals surface area contributed by atoms with Crippen LogP contribution in [0.3, 0.4) is 0 Å². The van der Waals surface area contributed by atoms with Crippen molar-refractivity contribution in [2.45, 2.75) is 12.1 Å². The monoisotopic (exact) mass is 221 g/mol. The van der Waals surface area contributed by atoms with E-state index in [0.717, 1.165) is 16.7 Å². The van der Waals surface area contributed by atoms with Gasteiger partial charge in [0.2, 0.25) is 0 Å². The largest absolute Gasteiger partial charge is 0.443 e. The number of hydrogen-bond donors (Lipinski definition) is 3. The topological polar surface area (TPSA) is 84.3 Å². The second-order valence-electron chi connectivity index (χ2n) is 3.69. The van der Waals surface area contributed by atoms with E-state index >= 15 is 0 Å². The summed E-state index contributed by atoms with van der Waals surface area (Å²) in [4.78, 5) is 4.04. The molecule has 86 valence electrons. The van der Waals surface area contributed by atoms with Crippen LogP contribution in [0.15, 0.2) is 29.0 Å². The van der Waals surface area contributed by atoms with Gasteiger partial charge in [-0.3, -0.25) is 0 Å². The number of aliphatic hydroxyl groups excluding tert-OH is 1. The van der Waals surface area contributed by atoms with Crippen LogP contribution >= 0.6 is 0 Å². The molecule has 4 N–H and O–H groups in total. The first kappa shape index (κ1) is 11.1. The van der Waals surface area contributed by atoms with Crippen LogP contribution in [-0.4, -0.2) is 29.8 Å². The van der Waals surface area contributed by atoms with Gasteiger partial charge in [-0.1, -0.05) is 6.07 Å². The second kappa shape index (κ2) is 4.61. The fourth-order valence-corrected chi connectivity index (χ4v) is 1.80. The van der Waals surface area contributed by atoms with Crippen molar-refractivity contribution in [1.82, 2.24) is 10.3 Å². The van der Waals surface area contributed by atoms with Gasteiger partial charge in [0.25, 0.3) is 0 Å². The summed E-state index contributed by atoms with van der Waals surface area (Å²) in [5.74, 6) is 0. The molecule has 0 amide bonds. The number of likely N-dealkylation sites (N-methyl/N-ethyl adjacent to an activating group) is 1. The third-order valence-electron chi connectivity index (χ3n) is 2.66. The molecule has 2 aromatic rings. The van der Waals surface area contributed by atoms with Crippen LogP contribution < -0.4 is 11.1 Å². The second-order valence-corrected chi connectivity index (χ2v) is 3.69. The molecule has 2 atom stereocenters. The summed E-state index contributed by atoms with van der Waals surface area (Å²) in [6.45, 7) is -0.0695. The van der Waals surface area contributed by atoms with Crippen LogP contribution in [0, 0.1) is 0 Å². The molecule has 1 heterocycles. The summed E-state index contributed by atoms with van der Waals surface area (Å²) >= 11 is 0. The molecule has 5 nitrogen and oxygen atoms in total. The maximum absolute atomic E-state index is 9.07. The Bertz CT molecular complexity index is 469. The van der Waals surface area contributed by atoms with E-state index in [1.807, 2.05) is 25.2 Å². The Morgan fingerprint density at radius 1 is 1.56 bits per heavy atom. The van der Waals surface area contributed by atoms with E-state index < -0.39 is 0 Å². The van der Waals surface area contributed by atoms with E-state index in [-0.39, 0.29) is 18.7 Å². The first-order valence-corrected chi connectivity index (χ1v) is 5.13. The fraction of sp³-hybridized carbons (Fsp3) is 0.364. The predicted molar refractivity (Wildman–Crippen MR) is 60.9 cm³/mol. The Kier molecular flexibility index (Phi) is 3.19. The Morgan fingerprint density at radius 2 is 2.38 bits per heavy atom. The number of nitrogens with zero attached hydrogens (tertiary/aromatic N) is 1. The van der Waals surface area contributed by atoms with Gasteiger partial charge in [-0.25, -0.2) is 4.98 Å². The smallest absolute Gasteiger partial charge is 0.181 e. The molecule has 0 saturated heterocycles. The van der Waals surface area contributed by atoms with Crippen LogP contribution in [0.25, 0.3) is 11.1 Å². The zero-order valence-corrected chi connectivity index (χ0v) is 9.05. The van der Waals surface area contributed by atoms with Gasteiger partial charge in [-0.15, -0.1) is 0 Å². The van der Waals surface area contributed by atoms with Crippen LogP contribution in [0.5, 0.6) is 0 Å². The maximum Gasteiger partial charge on any atom is 0.181 e. The lowest BCUT2D eigenvalue weighted by Gasteiger charge is -2.21. The third kappa shape index (κ3) is 1.92. The summed E-state index contributed by atoms with van der Waals surface area (Å²) in [5, 5.41) is 12.1. The molecule has 1 aromatic heterocycles. The molecule has 0 saturated carbocycles. The lowest BCUT2D eigenvalue weighted by molar-refractivity contribution is 0.240. The third-order valence-corrected chi connectivity index (χ3v) is 2.66. The molecule has 0 radical (unpaired) electrons. The molecule has 2 unspecified atom stereocenters. The first-order valence-electron chi connectivity index (χ1n) is 5.13. The lowest BCUT2D eigenvalue weighted by Crippen LogP contribution is -2.38. The number of benzene rings is 1. The zero-order chi connectivity index (χ0) is 11.5. The summed E-state index contributed by atoms with van der Waals surface area (Å²) in [5.41, 5.74) is 8.34. The summed E-state index contributed by atoms with van der Waals surface area (Å²) in [6, 6.07) is 5.26. The van der Waals surface area contributed by atoms with Gasteiger partial charge in [-0.2, -0.15) is 0 Å². The van der Waals surface area contributed by atoms with Crippen LogP contribution in [0.1, 0.15) is 11.6 Å². The predicted octanol–water partition coefficient (Wildman–Crippen LogP) is 0.408. The molecular formula is C11H15N3O2. The number of aromatic nitrogens is 1. The molecule has 0 aliphatic rings. The highest BCUT2D eigenvalue weighted by atomic mass is 16.3. The molecular weight excluding hydrogens is 206 g/mol. The standard InChI is InChI=1S/C11H15N3O2/c1-13-11(8(12)5-15)7-2-3-9-10(4-7)16-6-14-9/h2-4,6,8,11,13,15H,5,12H2,1H3. The first-order chi connectivity index (χ1) is 7.76. The van der Waals surface area contributed by atoms with Crippen molar-refractivity contribution >= 4 is 11.1 Å². The average molecular weight is 221 g/mol. The van der Waals surface area contributed by atoms with E-state index in [2.05, 4.69) is 10.3 Å². The highest BCUT2D eigenvalue weighted by Crippen LogP contribution is 2.21. The fourth-order valence-electron chi connectivity index (χ4n) is 1.80. The van der Waals surface area contributed by atoms with Crippen LogP contribution in [0.2, 0.25) is 0 Å². The van der Waals surface area contributed by atoms with Crippen molar-refractivity contribution in [2.24, 2.45) is 5.73 Å². The number of nitrogens with two attached hydrogens (primary N) is 1. The van der Waals surface area contributed by atoms with Crippen molar-refractivity contribution < 1.29 is 9.52 Å². The molecule has 0 fully saturated rings. The molecule has 1 aromatic carbocycles. The Morgan fingerprint density at radius 3 is 3.06 bits per heavy atom.